The van der Waals surface area contributed by atoms with Gasteiger partial charge in [0.25, 0.3) is 5.91 Å². The van der Waals surface area contributed by atoms with Gasteiger partial charge in [-0.2, -0.15) is 5.26 Å². The van der Waals surface area contributed by atoms with Crippen LogP contribution in [0, 0.1) is 24.2 Å². The minimum atomic E-state index is -0.787. The van der Waals surface area contributed by atoms with E-state index in [4.69, 9.17) is 4.42 Å². The average Bonchev–Trinajstić information content (AvgIpc) is 3.35. The summed E-state index contributed by atoms with van der Waals surface area (Å²) in [4.78, 5) is 27.5. The number of aryl methyl sites for hydroxylation is 3. The molecule has 3 aromatic rings. The molecule has 2 fully saturated rings. The lowest BCUT2D eigenvalue weighted by Crippen LogP contribution is -2.46. The molecule has 40 heavy (non-hydrogen) atoms. The maximum Gasteiger partial charge on any atom is 0.251 e. The van der Waals surface area contributed by atoms with Gasteiger partial charge in [-0.25, -0.2) is 0 Å². The van der Waals surface area contributed by atoms with E-state index in [1.54, 1.807) is 11.9 Å². The second-order valence-corrected chi connectivity index (χ2v) is 11.5. The zero-order valence-corrected chi connectivity index (χ0v) is 23.1. The Morgan fingerprint density at radius 1 is 1.18 bits per heavy atom. The summed E-state index contributed by atoms with van der Waals surface area (Å²) in [5.41, 5.74) is 5.33. The normalized spacial score (nSPS) is 25.1. The maximum absolute atomic E-state index is 13.2. The van der Waals surface area contributed by atoms with Crippen LogP contribution in [0.3, 0.4) is 0 Å². The van der Waals surface area contributed by atoms with E-state index < -0.39 is 5.41 Å². The van der Waals surface area contributed by atoms with Crippen molar-refractivity contribution in [3.8, 4) is 6.07 Å². The zero-order chi connectivity index (χ0) is 28.0. The molecule has 2 amide bonds. The molecule has 0 bridgehead atoms. The van der Waals surface area contributed by atoms with Crippen molar-refractivity contribution in [2.24, 2.45) is 5.92 Å². The van der Waals surface area contributed by atoms with Gasteiger partial charge in [0, 0.05) is 24.7 Å². The molecule has 2 aromatic carbocycles. The van der Waals surface area contributed by atoms with Gasteiger partial charge in [0.1, 0.15) is 11.5 Å². The first-order chi connectivity index (χ1) is 19.3. The molecule has 1 aromatic heterocycles. The SMILES string of the molecule is CNC(=O)c1ccc2c(c1)CCc1ccc(C)cc1C2(CC(C)NCC(=O)N1C(C#N)CC2CC21)c1nnco1. The predicted molar refractivity (Wildman–Crippen MR) is 147 cm³/mol. The molecule has 0 spiro atoms. The van der Waals surface area contributed by atoms with Crippen molar-refractivity contribution < 1.29 is 14.0 Å². The number of aromatic nitrogens is 2. The molecule has 3 aliphatic rings. The number of nitrogens with zero attached hydrogens (tertiary/aromatic N) is 4. The number of nitrogens with one attached hydrogen (secondary N) is 2. The van der Waals surface area contributed by atoms with Crippen LogP contribution < -0.4 is 10.6 Å². The Kier molecular flexibility index (Phi) is 6.67. The molecule has 5 unspecified atom stereocenters. The zero-order valence-electron chi connectivity index (χ0n) is 23.1. The Labute approximate surface area is 234 Å². The fourth-order valence-corrected chi connectivity index (χ4v) is 6.93. The molecule has 9 nitrogen and oxygen atoms in total. The molecule has 2 heterocycles. The van der Waals surface area contributed by atoms with Crippen LogP contribution in [0.1, 0.15) is 70.3 Å². The first-order valence-electron chi connectivity index (χ1n) is 14.0. The summed E-state index contributed by atoms with van der Waals surface area (Å²) in [6, 6.07) is 14.4. The highest BCUT2D eigenvalue weighted by atomic mass is 16.4. The summed E-state index contributed by atoms with van der Waals surface area (Å²) in [5, 5.41) is 24.3. The molecule has 1 saturated heterocycles. The number of carbonyl (C=O) groups excluding carboxylic acids is 2. The van der Waals surface area contributed by atoms with Gasteiger partial charge in [0.2, 0.25) is 18.2 Å². The van der Waals surface area contributed by atoms with Crippen molar-refractivity contribution in [2.75, 3.05) is 13.6 Å². The number of nitriles is 1. The van der Waals surface area contributed by atoms with Gasteiger partial charge in [0.15, 0.2) is 0 Å². The number of hydrogen-bond donors (Lipinski definition) is 2. The number of rotatable bonds is 7. The molecular formula is C31H34N6O3. The van der Waals surface area contributed by atoms with Crippen molar-refractivity contribution in [1.82, 2.24) is 25.7 Å². The highest BCUT2D eigenvalue weighted by Gasteiger charge is 2.54. The van der Waals surface area contributed by atoms with Crippen LogP contribution in [0.4, 0.5) is 0 Å². The topological polar surface area (TPSA) is 124 Å². The first-order valence-corrected chi connectivity index (χ1v) is 14.0. The summed E-state index contributed by atoms with van der Waals surface area (Å²) in [6.07, 6.45) is 5.28. The van der Waals surface area contributed by atoms with E-state index in [1.165, 1.54) is 12.0 Å². The second-order valence-electron chi connectivity index (χ2n) is 11.5. The first kappa shape index (κ1) is 26.2. The quantitative estimate of drug-likeness (QED) is 0.474. The van der Waals surface area contributed by atoms with Crippen molar-refractivity contribution >= 4 is 11.8 Å². The summed E-state index contributed by atoms with van der Waals surface area (Å²) >= 11 is 0. The van der Waals surface area contributed by atoms with Crippen LogP contribution in [0.5, 0.6) is 0 Å². The van der Waals surface area contributed by atoms with Crippen LogP contribution in [-0.4, -0.2) is 58.6 Å². The van der Waals surface area contributed by atoms with Crippen molar-refractivity contribution in [2.45, 2.75) is 69.5 Å². The maximum atomic E-state index is 13.2. The third-order valence-electron chi connectivity index (χ3n) is 8.92. The lowest BCUT2D eigenvalue weighted by molar-refractivity contribution is -0.131. The van der Waals surface area contributed by atoms with E-state index >= 15 is 0 Å². The van der Waals surface area contributed by atoms with Gasteiger partial charge in [-0.15, -0.1) is 10.2 Å². The van der Waals surface area contributed by atoms with Crippen LogP contribution in [-0.2, 0) is 23.1 Å². The third kappa shape index (κ3) is 4.37. The summed E-state index contributed by atoms with van der Waals surface area (Å²) in [5.74, 6) is 0.810. The Morgan fingerprint density at radius 3 is 2.75 bits per heavy atom. The lowest BCUT2D eigenvalue weighted by Gasteiger charge is -2.36. The Bertz CT molecular complexity index is 1500. The highest BCUT2D eigenvalue weighted by molar-refractivity contribution is 5.94. The van der Waals surface area contributed by atoms with Gasteiger partial charge in [-0.1, -0.05) is 29.8 Å². The molecular weight excluding hydrogens is 504 g/mol. The Balaban J connectivity index is 1.39. The van der Waals surface area contributed by atoms with E-state index in [2.05, 4.69) is 58.9 Å². The van der Waals surface area contributed by atoms with Gasteiger partial charge in [-0.05, 0) is 86.3 Å². The number of carbonyl (C=O) groups is 2. The molecule has 2 N–H and O–H groups in total. The molecule has 0 radical (unpaired) electrons. The fraction of sp³-hybridized carbons (Fsp3) is 0.452. The van der Waals surface area contributed by atoms with Gasteiger partial charge < -0.3 is 20.0 Å². The highest BCUT2D eigenvalue weighted by Crippen LogP contribution is 2.49. The van der Waals surface area contributed by atoms with Gasteiger partial charge >= 0.3 is 0 Å². The number of likely N-dealkylation sites (tertiary alicyclic amines) is 1. The number of amides is 2. The number of fused-ring (bicyclic) bond motifs is 3. The number of piperidine rings is 1. The van der Waals surface area contributed by atoms with Gasteiger partial charge in [0.05, 0.1) is 12.6 Å². The molecule has 5 atom stereocenters. The standard InChI is InChI=1S/C31H34N6O3/c1-18-4-5-20-6-7-21-11-22(29(39)33-3)8-9-25(21)31(26(20)10-18,30-36-35-17-40-30)14-19(2)34-16-28(38)37-24(15-32)12-23-13-27(23)37/h4-5,8-11,17,19,23-24,27,34H,6-7,12-14,16H2,1-3H3,(H,33,39). The summed E-state index contributed by atoms with van der Waals surface area (Å²) < 4.78 is 6.00. The van der Waals surface area contributed by atoms with E-state index in [-0.39, 0.29) is 36.5 Å². The van der Waals surface area contributed by atoms with Crippen LogP contribution >= 0.6 is 0 Å². The van der Waals surface area contributed by atoms with E-state index in [0.29, 0.717) is 23.8 Å². The average molecular weight is 539 g/mol. The minimum absolute atomic E-state index is 0.0250. The fourth-order valence-electron chi connectivity index (χ4n) is 6.93. The number of hydrogen-bond acceptors (Lipinski definition) is 7. The van der Waals surface area contributed by atoms with Crippen LogP contribution in [0.15, 0.2) is 47.2 Å². The van der Waals surface area contributed by atoms with Gasteiger partial charge in [-0.3, -0.25) is 9.59 Å². The third-order valence-corrected chi connectivity index (χ3v) is 8.92. The number of benzene rings is 2. The molecule has 1 aliphatic heterocycles. The smallest absolute Gasteiger partial charge is 0.251 e. The molecule has 2 aliphatic carbocycles. The van der Waals surface area contributed by atoms with Crippen molar-refractivity contribution in [1.29, 1.82) is 5.26 Å². The predicted octanol–water partition coefficient (Wildman–Crippen LogP) is 3.05. The van der Waals surface area contributed by atoms with Crippen molar-refractivity contribution in [3.05, 3.63) is 82.1 Å². The molecule has 206 valence electrons. The largest absolute Gasteiger partial charge is 0.427 e. The second kappa shape index (κ2) is 10.2. The lowest BCUT2D eigenvalue weighted by atomic mass is 9.68. The minimum Gasteiger partial charge on any atom is -0.427 e. The summed E-state index contributed by atoms with van der Waals surface area (Å²) in [6.45, 7) is 4.30. The monoisotopic (exact) mass is 538 g/mol. The summed E-state index contributed by atoms with van der Waals surface area (Å²) in [7, 11) is 1.63. The Hall–Kier alpha value is -4.03. The molecule has 9 heteroatoms. The van der Waals surface area contributed by atoms with E-state index in [9.17, 15) is 14.9 Å². The van der Waals surface area contributed by atoms with Crippen molar-refractivity contribution in [3.63, 3.8) is 0 Å². The van der Waals surface area contributed by atoms with Crippen LogP contribution in [0.2, 0.25) is 0 Å². The molecule has 1 saturated carbocycles. The van der Waals surface area contributed by atoms with E-state index in [1.807, 2.05) is 18.2 Å². The molecule has 6 rings (SSSR count). The van der Waals surface area contributed by atoms with Crippen LogP contribution in [0.25, 0.3) is 0 Å². The Morgan fingerprint density at radius 2 is 2.00 bits per heavy atom. The van der Waals surface area contributed by atoms with E-state index in [0.717, 1.165) is 47.9 Å².